The molecule has 13 heavy (non-hydrogen) atoms. The standard InChI is InChI=1S/C8H17ClO3S/c1-4-8(5-12-7(2)3)6-13(9,10)11/h7-8H,4-6H2,1-3H3. The lowest BCUT2D eigenvalue weighted by atomic mass is 10.1. The van der Waals surface area contributed by atoms with E-state index in [0.717, 1.165) is 6.42 Å². The Balaban J connectivity index is 3.91. The lowest BCUT2D eigenvalue weighted by Gasteiger charge is -2.15. The van der Waals surface area contributed by atoms with Gasteiger partial charge in [-0.25, -0.2) is 8.42 Å². The van der Waals surface area contributed by atoms with E-state index in [4.69, 9.17) is 15.4 Å². The molecular weight excluding hydrogens is 212 g/mol. The summed E-state index contributed by atoms with van der Waals surface area (Å²) in [5, 5.41) is 0. The molecule has 0 N–H and O–H groups in total. The van der Waals surface area contributed by atoms with Gasteiger partial charge in [0.2, 0.25) is 9.05 Å². The summed E-state index contributed by atoms with van der Waals surface area (Å²) in [5.41, 5.74) is 0. The van der Waals surface area contributed by atoms with Crippen LogP contribution in [0.15, 0.2) is 0 Å². The molecule has 0 rings (SSSR count). The first-order valence-electron chi connectivity index (χ1n) is 4.39. The zero-order valence-electron chi connectivity index (χ0n) is 8.29. The minimum absolute atomic E-state index is 0.00221. The van der Waals surface area contributed by atoms with Gasteiger partial charge in [-0.1, -0.05) is 13.3 Å². The van der Waals surface area contributed by atoms with Crippen LogP contribution >= 0.6 is 10.7 Å². The first-order valence-corrected chi connectivity index (χ1v) is 6.87. The number of halogens is 1. The summed E-state index contributed by atoms with van der Waals surface area (Å²) in [6.45, 7) is 6.22. The maximum Gasteiger partial charge on any atom is 0.232 e. The largest absolute Gasteiger partial charge is 0.378 e. The second-order valence-electron chi connectivity index (χ2n) is 3.36. The molecular formula is C8H17ClO3S. The number of hydrogen-bond acceptors (Lipinski definition) is 3. The molecule has 80 valence electrons. The van der Waals surface area contributed by atoms with E-state index in [1.54, 1.807) is 0 Å². The molecule has 1 unspecified atom stereocenters. The van der Waals surface area contributed by atoms with Crippen molar-refractivity contribution in [2.45, 2.75) is 33.3 Å². The quantitative estimate of drug-likeness (QED) is 0.654. The molecule has 0 bridgehead atoms. The summed E-state index contributed by atoms with van der Waals surface area (Å²) in [5.74, 6) is 0.00233. The van der Waals surface area contributed by atoms with E-state index in [1.165, 1.54) is 0 Å². The monoisotopic (exact) mass is 228 g/mol. The molecule has 0 aliphatic carbocycles. The number of hydrogen-bond donors (Lipinski definition) is 0. The SMILES string of the molecule is CCC(COC(C)C)CS(=O)(=O)Cl. The molecule has 0 fully saturated rings. The van der Waals surface area contributed by atoms with Crippen molar-refractivity contribution in [1.29, 1.82) is 0 Å². The fourth-order valence-electron chi connectivity index (χ4n) is 0.894. The Morgan fingerprint density at radius 3 is 2.23 bits per heavy atom. The van der Waals surface area contributed by atoms with Crippen molar-refractivity contribution in [2.24, 2.45) is 5.92 Å². The highest BCUT2D eigenvalue weighted by atomic mass is 35.7. The molecule has 0 aliphatic rings. The Kier molecular flexibility index (Phi) is 5.92. The summed E-state index contributed by atoms with van der Waals surface area (Å²) in [7, 11) is 1.75. The van der Waals surface area contributed by atoms with Gasteiger partial charge in [-0.3, -0.25) is 0 Å². The van der Waals surface area contributed by atoms with E-state index in [0.29, 0.717) is 6.61 Å². The van der Waals surface area contributed by atoms with Crippen LogP contribution in [0.25, 0.3) is 0 Å². The maximum atomic E-state index is 10.8. The predicted molar refractivity (Wildman–Crippen MR) is 54.5 cm³/mol. The first-order chi connectivity index (χ1) is 5.85. The minimum Gasteiger partial charge on any atom is -0.378 e. The smallest absolute Gasteiger partial charge is 0.232 e. The lowest BCUT2D eigenvalue weighted by Crippen LogP contribution is -2.19. The van der Waals surface area contributed by atoms with Crippen LogP contribution in [0.4, 0.5) is 0 Å². The number of rotatable bonds is 6. The van der Waals surface area contributed by atoms with Crippen LogP contribution in [-0.4, -0.2) is 26.9 Å². The average molecular weight is 229 g/mol. The highest BCUT2D eigenvalue weighted by Gasteiger charge is 2.15. The predicted octanol–water partition coefficient (Wildman–Crippen LogP) is 2.01. The van der Waals surface area contributed by atoms with Gasteiger partial charge in [0, 0.05) is 10.7 Å². The van der Waals surface area contributed by atoms with Gasteiger partial charge < -0.3 is 4.74 Å². The van der Waals surface area contributed by atoms with Gasteiger partial charge in [-0.05, 0) is 19.8 Å². The molecule has 0 heterocycles. The van der Waals surface area contributed by atoms with Crippen molar-refractivity contribution in [3.8, 4) is 0 Å². The molecule has 3 nitrogen and oxygen atoms in total. The second kappa shape index (κ2) is 5.83. The van der Waals surface area contributed by atoms with E-state index >= 15 is 0 Å². The maximum absolute atomic E-state index is 10.8. The third-order valence-electron chi connectivity index (χ3n) is 1.68. The molecule has 0 radical (unpaired) electrons. The van der Waals surface area contributed by atoms with Crippen molar-refractivity contribution in [2.75, 3.05) is 12.4 Å². The van der Waals surface area contributed by atoms with Crippen molar-refractivity contribution < 1.29 is 13.2 Å². The van der Waals surface area contributed by atoms with Gasteiger partial charge in [0.15, 0.2) is 0 Å². The molecule has 5 heteroatoms. The van der Waals surface area contributed by atoms with Gasteiger partial charge in [0.05, 0.1) is 18.5 Å². The lowest BCUT2D eigenvalue weighted by molar-refractivity contribution is 0.0552. The Hall–Kier alpha value is 0.200. The van der Waals surface area contributed by atoms with Gasteiger partial charge in [-0.2, -0.15) is 0 Å². The van der Waals surface area contributed by atoms with Crippen molar-refractivity contribution in [3.63, 3.8) is 0 Å². The summed E-state index contributed by atoms with van der Waals surface area (Å²) in [6.07, 6.45) is 0.894. The van der Waals surface area contributed by atoms with E-state index in [1.807, 2.05) is 20.8 Å². The molecule has 0 spiro atoms. The zero-order valence-corrected chi connectivity index (χ0v) is 9.86. The Bertz CT molecular complexity index is 224. The zero-order chi connectivity index (χ0) is 10.5. The van der Waals surface area contributed by atoms with Crippen molar-refractivity contribution in [3.05, 3.63) is 0 Å². The topological polar surface area (TPSA) is 43.4 Å². The average Bonchev–Trinajstić information content (AvgIpc) is 1.95. The molecule has 0 saturated heterocycles. The molecule has 0 aromatic heterocycles. The molecule has 0 saturated carbocycles. The third kappa shape index (κ3) is 8.53. The Morgan fingerprint density at radius 1 is 1.38 bits per heavy atom. The van der Waals surface area contributed by atoms with Crippen LogP contribution in [0.5, 0.6) is 0 Å². The van der Waals surface area contributed by atoms with E-state index in [-0.39, 0.29) is 17.8 Å². The molecule has 1 atom stereocenters. The molecule has 0 aromatic carbocycles. The molecule has 0 aromatic rings. The summed E-state index contributed by atoms with van der Waals surface area (Å²) in [4.78, 5) is 0. The van der Waals surface area contributed by atoms with Gasteiger partial charge >= 0.3 is 0 Å². The second-order valence-corrected chi connectivity index (χ2v) is 6.18. The van der Waals surface area contributed by atoms with Crippen LogP contribution in [0.3, 0.4) is 0 Å². The van der Waals surface area contributed by atoms with E-state index in [9.17, 15) is 8.42 Å². The highest BCUT2D eigenvalue weighted by molar-refractivity contribution is 8.13. The Labute approximate surface area is 84.8 Å². The van der Waals surface area contributed by atoms with Gasteiger partial charge in [-0.15, -0.1) is 0 Å². The molecule has 0 aliphatic heterocycles. The fourth-order valence-corrected chi connectivity index (χ4v) is 2.32. The first kappa shape index (κ1) is 13.2. The van der Waals surface area contributed by atoms with Crippen LogP contribution in [0.2, 0.25) is 0 Å². The fraction of sp³-hybridized carbons (Fsp3) is 1.00. The Morgan fingerprint density at radius 2 is 1.92 bits per heavy atom. The van der Waals surface area contributed by atoms with Crippen LogP contribution < -0.4 is 0 Å². The van der Waals surface area contributed by atoms with E-state index < -0.39 is 9.05 Å². The number of ether oxygens (including phenoxy) is 1. The highest BCUT2D eigenvalue weighted by Crippen LogP contribution is 2.11. The van der Waals surface area contributed by atoms with E-state index in [2.05, 4.69) is 0 Å². The van der Waals surface area contributed by atoms with Crippen LogP contribution in [0, 0.1) is 5.92 Å². The van der Waals surface area contributed by atoms with Crippen LogP contribution in [0.1, 0.15) is 27.2 Å². The minimum atomic E-state index is -3.39. The van der Waals surface area contributed by atoms with Crippen molar-refractivity contribution >= 4 is 19.7 Å². The third-order valence-corrected chi connectivity index (χ3v) is 2.92. The van der Waals surface area contributed by atoms with Gasteiger partial charge in [0.25, 0.3) is 0 Å². The van der Waals surface area contributed by atoms with Crippen LogP contribution in [-0.2, 0) is 13.8 Å². The van der Waals surface area contributed by atoms with Crippen molar-refractivity contribution in [1.82, 2.24) is 0 Å². The summed E-state index contributed by atoms with van der Waals surface area (Å²) < 4.78 is 26.8. The summed E-state index contributed by atoms with van der Waals surface area (Å²) >= 11 is 0. The normalized spacial score (nSPS) is 14.8. The van der Waals surface area contributed by atoms with Gasteiger partial charge in [0.1, 0.15) is 0 Å². The summed E-state index contributed by atoms with van der Waals surface area (Å²) in [6, 6.07) is 0. The molecule has 0 amide bonds.